The Bertz CT molecular complexity index is 3670. The molecule has 0 bridgehead atoms. The van der Waals surface area contributed by atoms with E-state index in [9.17, 15) is 57.5 Å². The molecule has 9 N–H and O–H groups in total. The number of carbonyl (C=O) groups excluding carboxylic acids is 12. The number of urea groups is 1. The summed E-state index contributed by atoms with van der Waals surface area (Å²) >= 11 is 0. The number of methoxy groups -OCH3 is 1. The molecule has 3 aliphatic heterocycles. The first-order chi connectivity index (χ1) is 55.0. The third-order valence-corrected chi connectivity index (χ3v) is 16.9. The lowest BCUT2D eigenvalue weighted by Gasteiger charge is -2.29. The SMILES string of the molecule is COCCOCCOCCOCCOCCOCCOCCOCCOCCOCCOCCOCCC(=O)NC[C@@H](C(=O)NCC(=O)NCC(=O)N[C@@H](Cc1ccccc1)C(=O)NCC(=O)NCc1ccc(COc2ccc(NC(=O)NCc3ccc4c(c3)CN(C3CCC(=O)NC3=O)C4=O)cc2)cc1)N1C(=O)C=CC1=O. The summed E-state index contributed by atoms with van der Waals surface area (Å²) in [5, 5.41) is 22.9. The van der Waals surface area contributed by atoms with Gasteiger partial charge in [0.25, 0.3) is 17.7 Å². The maximum atomic E-state index is 13.5. The van der Waals surface area contributed by atoms with Crippen LogP contribution in [0.25, 0.3) is 0 Å². The van der Waals surface area contributed by atoms with Crippen molar-refractivity contribution < 1.29 is 119 Å². The fourth-order valence-corrected chi connectivity index (χ4v) is 11.0. The Hall–Kier alpha value is -10.2. The Kier molecular flexibility index (Phi) is 42.1. The average molecular weight is 1580 g/mol. The van der Waals surface area contributed by atoms with Gasteiger partial charge in [-0.15, -0.1) is 0 Å². The highest BCUT2D eigenvalue weighted by molar-refractivity contribution is 6.15. The van der Waals surface area contributed by atoms with Crippen LogP contribution in [0, 0.1) is 0 Å². The van der Waals surface area contributed by atoms with Gasteiger partial charge >= 0.3 is 6.03 Å². The van der Waals surface area contributed by atoms with Gasteiger partial charge in [-0.3, -0.25) is 63.0 Å². The van der Waals surface area contributed by atoms with Crippen molar-refractivity contribution in [2.45, 2.75) is 70.0 Å². The molecule has 36 nitrogen and oxygen atoms in total. The number of nitrogens with zero attached hydrogens (tertiary/aromatic N) is 2. The number of imide groups is 2. The van der Waals surface area contributed by atoms with E-state index in [0.29, 0.717) is 160 Å². The van der Waals surface area contributed by atoms with Crippen molar-refractivity contribution in [1.29, 1.82) is 0 Å². The van der Waals surface area contributed by atoms with Crippen molar-refractivity contribution in [1.82, 2.24) is 52.3 Å². The van der Waals surface area contributed by atoms with Crippen LogP contribution in [0.1, 0.15) is 57.4 Å². The van der Waals surface area contributed by atoms with E-state index < -0.39 is 104 Å². The van der Waals surface area contributed by atoms with Gasteiger partial charge in [-0.05, 0) is 64.6 Å². The zero-order valence-electron chi connectivity index (χ0n) is 63.5. The van der Waals surface area contributed by atoms with Crippen LogP contribution in [0.5, 0.6) is 5.75 Å². The Morgan fingerprint density at radius 1 is 0.478 bits per heavy atom. The van der Waals surface area contributed by atoms with E-state index in [0.717, 1.165) is 34.4 Å². The summed E-state index contributed by atoms with van der Waals surface area (Å²) < 4.78 is 71.0. The van der Waals surface area contributed by atoms with E-state index in [1.807, 2.05) is 18.2 Å². The van der Waals surface area contributed by atoms with Gasteiger partial charge in [0.2, 0.25) is 47.3 Å². The Morgan fingerprint density at radius 2 is 0.965 bits per heavy atom. The fourth-order valence-electron chi connectivity index (χ4n) is 11.0. The second kappa shape index (κ2) is 52.9. The first-order valence-electron chi connectivity index (χ1n) is 37.2. The molecule has 3 heterocycles. The highest BCUT2D eigenvalue weighted by atomic mass is 16.6. The maximum absolute atomic E-state index is 13.5. The van der Waals surface area contributed by atoms with E-state index in [4.69, 9.17) is 61.6 Å². The molecule has 1 fully saturated rings. The first-order valence-corrected chi connectivity index (χ1v) is 37.2. The van der Waals surface area contributed by atoms with Gasteiger partial charge in [0.1, 0.15) is 30.5 Å². The number of fused-ring (bicyclic) bond motifs is 1. The number of hydrogen-bond donors (Lipinski definition) is 9. The zero-order chi connectivity index (χ0) is 80.5. The molecule has 0 aromatic heterocycles. The van der Waals surface area contributed by atoms with Crippen LogP contribution >= 0.6 is 0 Å². The smallest absolute Gasteiger partial charge is 0.319 e. The van der Waals surface area contributed by atoms with Crippen LogP contribution in [-0.4, -0.2) is 284 Å². The van der Waals surface area contributed by atoms with Crippen molar-refractivity contribution in [2.75, 3.05) is 191 Å². The number of amides is 13. The molecule has 0 saturated carbocycles. The lowest BCUT2D eigenvalue weighted by atomic mass is 10.0. The number of rotatable bonds is 59. The third-order valence-electron chi connectivity index (χ3n) is 16.9. The summed E-state index contributed by atoms with van der Waals surface area (Å²) in [6, 6.07) is 24.1. The maximum Gasteiger partial charge on any atom is 0.319 e. The highest BCUT2D eigenvalue weighted by Gasteiger charge is 2.40. The van der Waals surface area contributed by atoms with Crippen LogP contribution < -0.4 is 52.6 Å². The van der Waals surface area contributed by atoms with E-state index in [2.05, 4.69) is 47.9 Å². The molecule has 3 aliphatic rings. The number of hydrogen-bond acceptors (Lipinski definition) is 25. The van der Waals surface area contributed by atoms with Gasteiger partial charge in [-0.25, -0.2) is 4.79 Å². The molecule has 4 aromatic carbocycles. The molecular formula is C77H103N11O25. The quantitative estimate of drug-likeness (QED) is 0.0202. The van der Waals surface area contributed by atoms with Gasteiger partial charge in [0.05, 0.1) is 172 Å². The summed E-state index contributed by atoms with van der Waals surface area (Å²) in [7, 11) is 1.63. The van der Waals surface area contributed by atoms with Crippen LogP contribution in [0.2, 0.25) is 0 Å². The summed E-state index contributed by atoms with van der Waals surface area (Å²) in [6.45, 7) is 7.65. The van der Waals surface area contributed by atoms with Gasteiger partial charge in [-0.1, -0.05) is 66.7 Å². The second-order valence-electron chi connectivity index (χ2n) is 25.3. The van der Waals surface area contributed by atoms with Crippen molar-refractivity contribution in [2.24, 2.45) is 0 Å². The van der Waals surface area contributed by atoms with Crippen LogP contribution in [0.3, 0.4) is 0 Å². The Labute approximate surface area is 654 Å². The van der Waals surface area contributed by atoms with E-state index >= 15 is 0 Å². The minimum absolute atomic E-state index is 0.0158. The number of anilines is 1. The van der Waals surface area contributed by atoms with E-state index in [1.165, 1.54) is 4.90 Å². The van der Waals surface area contributed by atoms with Gasteiger partial charge in [0, 0.05) is 76.0 Å². The highest BCUT2D eigenvalue weighted by Crippen LogP contribution is 2.28. The molecule has 4 aromatic rings. The number of benzene rings is 4. The molecular weight excluding hydrogens is 1480 g/mol. The standard InChI is InChI=1S/C77H103N11O25/c1-101-23-24-103-27-28-105-31-32-107-35-36-109-39-40-111-43-44-112-42-41-110-38-37-108-34-33-106-30-29-104-26-25-102-22-21-66(89)79-49-65(88-71(94)19-20-72(88)95)74(97)82-51-69(92)80-52-70(93)85-63(46-55-5-3-2-4-6-55)73(96)81-50-68(91)78-47-56-7-9-57(10-8-56)54-113-61-14-12-60(13-15-61)84-77(100)83-48-58-11-16-62-59(45-58)53-87(76(62)99)64-17-18-67(90)86-75(64)98/h2-16,19-20,45,63-65H,17-18,21-44,46-54H2,1H3,(H,78,91)(H,79,89)(H,80,92)(H,81,96)(H,82,97)(H,85,93)(H2,83,84,100)(H,86,90,98)/t63-,64?,65-/m0/s1. The largest absolute Gasteiger partial charge is 0.489 e. The summed E-state index contributed by atoms with van der Waals surface area (Å²) in [4.78, 5) is 156. The minimum Gasteiger partial charge on any atom is -0.489 e. The average Bonchev–Trinajstić information content (AvgIpc) is 1.64. The molecule has 3 atom stereocenters. The number of piperidine rings is 1. The summed E-state index contributed by atoms with van der Waals surface area (Å²) in [6.07, 6.45) is 2.22. The van der Waals surface area contributed by atoms with Crippen LogP contribution in [0.4, 0.5) is 10.5 Å². The van der Waals surface area contributed by atoms with E-state index in [1.54, 1.807) is 86.0 Å². The molecule has 616 valence electrons. The monoisotopic (exact) mass is 1580 g/mol. The van der Waals surface area contributed by atoms with Crippen molar-refractivity contribution in [3.8, 4) is 5.75 Å². The number of carbonyl (C=O) groups is 12. The van der Waals surface area contributed by atoms with Gasteiger partial charge in [-0.2, -0.15) is 0 Å². The van der Waals surface area contributed by atoms with Gasteiger partial charge < -0.3 is 109 Å². The number of ether oxygens (including phenoxy) is 13. The Balaban J connectivity index is 0.677. The van der Waals surface area contributed by atoms with Crippen molar-refractivity contribution >= 4 is 76.7 Å². The molecule has 0 radical (unpaired) electrons. The summed E-state index contributed by atoms with van der Waals surface area (Å²) in [5.41, 5.74) is 4.72. The molecule has 36 heteroatoms. The fraction of sp³-hybridized carbons (Fsp3) is 0.506. The zero-order valence-corrected chi connectivity index (χ0v) is 63.5. The molecule has 1 unspecified atom stereocenters. The first kappa shape index (κ1) is 90.0. The Morgan fingerprint density at radius 3 is 1.50 bits per heavy atom. The third kappa shape index (κ3) is 35.6. The second-order valence-corrected chi connectivity index (χ2v) is 25.3. The van der Waals surface area contributed by atoms with Gasteiger partial charge in [0.15, 0.2) is 0 Å². The minimum atomic E-state index is -1.56. The van der Waals surface area contributed by atoms with E-state index in [-0.39, 0.29) is 83.6 Å². The lowest BCUT2D eigenvalue weighted by molar-refractivity contribution is -0.146. The van der Waals surface area contributed by atoms with Crippen molar-refractivity contribution in [3.63, 3.8) is 0 Å². The number of nitrogens with one attached hydrogen (secondary N) is 9. The predicted molar refractivity (Wildman–Crippen MR) is 402 cm³/mol. The molecule has 0 aliphatic carbocycles. The normalized spacial score (nSPS) is 14.3. The molecule has 7 rings (SSSR count). The predicted octanol–water partition coefficient (Wildman–Crippen LogP) is -0.331. The van der Waals surface area contributed by atoms with Crippen molar-refractivity contribution in [3.05, 3.63) is 143 Å². The summed E-state index contributed by atoms with van der Waals surface area (Å²) in [5.74, 6) is -6.60. The molecule has 113 heavy (non-hydrogen) atoms. The van der Waals surface area contributed by atoms with Crippen LogP contribution in [-0.2, 0) is 137 Å². The molecule has 13 amide bonds. The molecule has 1 saturated heterocycles. The topological polar surface area (TPSA) is 440 Å². The lowest BCUT2D eigenvalue weighted by Crippen LogP contribution is -2.56. The van der Waals surface area contributed by atoms with Crippen LogP contribution in [0.15, 0.2) is 109 Å². The molecule has 0 spiro atoms.